The highest BCUT2D eigenvalue weighted by Gasteiger charge is 2.10. The average Bonchev–Trinajstić information content (AvgIpc) is 2.86. The molecule has 3 aromatic rings. The molecule has 0 atom stereocenters. The van der Waals surface area contributed by atoms with E-state index >= 15 is 0 Å². The van der Waals surface area contributed by atoms with Gasteiger partial charge >= 0.3 is 0 Å². The van der Waals surface area contributed by atoms with Gasteiger partial charge in [0.2, 0.25) is 6.20 Å². The fraction of sp³-hybridized carbons (Fsp3) is 0.115. The molecule has 0 unspecified atom stereocenters. The first kappa shape index (κ1) is 24.1. The molecule has 0 spiro atoms. The van der Waals surface area contributed by atoms with Crippen molar-refractivity contribution in [3.05, 3.63) is 99.2 Å². The summed E-state index contributed by atoms with van der Waals surface area (Å²) in [6, 6.07) is 17.6. The fourth-order valence-corrected chi connectivity index (χ4v) is 3.17. The van der Waals surface area contributed by atoms with Crippen LogP contribution in [0, 0.1) is 10.1 Å². The molecule has 0 fully saturated rings. The van der Waals surface area contributed by atoms with Crippen molar-refractivity contribution in [3.8, 4) is 17.2 Å². The van der Waals surface area contributed by atoms with Crippen molar-refractivity contribution in [1.82, 2.24) is 0 Å². The Kier molecular flexibility index (Phi) is 8.02. The van der Waals surface area contributed by atoms with Gasteiger partial charge in [-0.2, -0.15) is 0 Å². The molecule has 0 aliphatic carbocycles. The van der Waals surface area contributed by atoms with E-state index in [0.717, 1.165) is 11.8 Å². The summed E-state index contributed by atoms with van der Waals surface area (Å²) < 4.78 is 15.8. The maximum atomic E-state index is 12.4. The van der Waals surface area contributed by atoms with Crippen molar-refractivity contribution in [3.63, 3.8) is 0 Å². The van der Waals surface area contributed by atoms with Crippen LogP contribution >= 0.6 is 0 Å². The van der Waals surface area contributed by atoms with Crippen LogP contribution in [0.4, 0.5) is 5.69 Å². The largest absolute Gasteiger partial charge is 0.497 e. The molecule has 0 bridgehead atoms. The monoisotopic (exact) mass is 460 g/mol. The number of amides is 1. The molecule has 0 saturated heterocycles. The second kappa shape index (κ2) is 11.3. The summed E-state index contributed by atoms with van der Waals surface area (Å²) in [5.41, 5.74) is 3.28. The Hall–Kier alpha value is -4.59. The number of carbonyl (C=O) groups excluding carboxylic acids is 1. The molecule has 0 aromatic heterocycles. The zero-order valence-corrected chi connectivity index (χ0v) is 19.0. The molecule has 0 radical (unpaired) electrons. The quantitative estimate of drug-likeness (QED) is 0.261. The molecule has 1 N–H and O–H groups in total. The second-order valence-corrected chi connectivity index (χ2v) is 7.07. The third-order valence-corrected chi connectivity index (χ3v) is 4.94. The molecule has 174 valence electrons. The fourth-order valence-electron chi connectivity index (χ4n) is 3.17. The van der Waals surface area contributed by atoms with Gasteiger partial charge in [-0.3, -0.25) is 14.9 Å². The summed E-state index contributed by atoms with van der Waals surface area (Å²) in [4.78, 5) is 22.7. The predicted molar refractivity (Wildman–Crippen MR) is 132 cm³/mol. The Morgan fingerprint density at radius 2 is 1.53 bits per heavy atom. The number of hydrogen-bond donors (Lipinski definition) is 1. The van der Waals surface area contributed by atoms with Crippen molar-refractivity contribution < 1.29 is 23.9 Å². The highest BCUT2D eigenvalue weighted by Crippen LogP contribution is 2.31. The van der Waals surface area contributed by atoms with Gasteiger partial charge < -0.3 is 19.5 Å². The minimum absolute atomic E-state index is 0.225. The zero-order valence-electron chi connectivity index (χ0n) is 19.0. The van der Waals surface area contributed by atoms with E-state index in [9.17, 15) is 14.9 Å². The lowest BCUT2D eigenvalue weighted by molar-refractivity contribution is -0.400. The van der Waals surface area contributed by atoms with Crippen LogP contribution in [0.3, 0.4) is 0 Å². The Balaban J connectivity index is 1.79. The van der Waals surface area contributed by atoms with Crippen LogP contribution in [-0.2, 0) is 0 Å². The summed E-state index contributed by atoms with van der Waals surface area (Å²) in [7, 11) is 4.60. The Morgan fingerprint density at radius 3 is 2.12 bits per heavy atom. The topological polar surface area (TPSA) is 99.9 Å². The SMILES string of the molecule is COc1ccc(C(=O)Nc2ccc(/C=C/c3cc(OC)cc(OC)c3/C=C/[N+](=O)[O-])cc2)cc1. The molecule has 0 saturated carbocycles. The van der Waals surface area contributed by atoms with Crippen molar-refractivity contribution in [2.75, 3.05) is 26.6 Å². The summed E-state index contributed by atoms with van der Waals surface area (Å²) in [6.45, 7) is 0. The number of nitro groups is 1. The molecular formula is C26H24N2O6. The van der Waals surface area contributed by atoms with Crippen LogP contribution in [-0.4, -0.2) is 32.2 Å². The Labute approximate surface area is 197 Å². The number of methoxy groups -OCH3 is 3. The van der Waals surface area contributed by atoms with E-state index in [4.69, 9.17) is 14.2 Å². The van der Waals surface area contributed by atoms with Crippen LogP contribution in [0.5, 0.6) is 17.2 Å². The number of nitrogens with zero attached hydrogens (tertiary/aromatic N) is 1. The van der Waals surface area contributed by atoms with E-state index in [-0.39, 0.29) is 5.91 Å². The van der Waals surface area contributed by atoms with E-state index in [1.165, 1.54) is 20.3 Å². The number of anilines is 1. The van der Waals surface area contributed by atoms with Gasteiger partial charge in [0.05, 0.1) is 26.3 Å². The van der Waals surface area contributed by atoms with Gasteiger partial charge in [0.15, 0.2) is 0 Å². The van der Waals surface area contributed by atoms with Gasteiger partial charge in [-0.25, -0.2) is 0 Å². The molecule has 34 heavy (non-hydrogen) atoms. The summed E-state index contributed by atoms with van der Waals surface area (Å²) >= 11 is 0. The van der Waals surface area contributed by atoms with E-state index in [1.54, 1.807) is 55.6 Å². The third kappa shape index (κ3) is 6.23. The predicted octanol–water partition coefficient (Wildman–Crippen LogP) is 5.38. The molecule has 0 heterocycles. The number of ether oxygens (including phenoxy) is 3. The molecule has 3 aromatic carbocycles. The summed E-state index contributed by atoms with van der Waals surface area (Å²) in [5.74, 6) is 1.47. The lowest BCUT2D eigenvalue weighted by atomic mass is 10.0. The zero-order chi connectivity index (χ0) is 24.5. The Morgan fingerprint density at radius 1 is 0.853 bits per heavy atom. The van der Waals surface area contributed by atoms with Gasteiger partial charge in [-0.05, 0) is 53.6 Å². The van der Waals surface area contributed by atoms with E-state index in [0.29, 0.717) is 39.6 Å². The third-order valence-electron chi connectivity index (χ3n) is 4.94. The highest BCUT2D eigenvalue weighted by atomic mass is 16.6. The molecular weight excluding hydrogens is 436 g/mol. The summed E-state index contributed by atoms with van der Waals surface area (Å²) in [5, 5.41) is 13.7. The van der Waals surface area contributed by atoms with Crippen molar-refractivity contribution in [2.45, 2.75) is 0 Å². The van der Waals surface area contributed by atoms with Gasteiger partial charge in [0.25, 0.3) is 5.91 Å². The molecule has 8 heteroatoms. The first-order valence-electron chi connectivity index (χ1n) is 10.2. The lowest BCUT2D eigenvalue weighted by Gasteiger charge is -2.11. The smallest absolute Gasteiger partial charge is 0.255 e. The highest BCUT2D eigenvalue weighted by molar-refractivity contribution is 6.04. The van der Waals surface area contributed by atoms with Gasteiger partial charge in [-0.1, -0.05) is 24.3 Å². The molecule has 3 rings (SSSR count). The van der Waals surface area contributed by atoms with E-state index in [1.807, 2.05) is 24.3 Å². The number of hydrogen-bond acceptors (Lipinski definition) is 6. The first-order chi connectivity index (χ1) is 16.4. The van der Waals surface area contributed by atoms with Crippen LogP contribution in [0.25, 0.3) is 18.2 Å². The van der Waals surface area contributed by atoms with Crippen molar-refractivity contribution in [2.24, 2.45) is 0 Å². The number of benzene rings is 3. The van der Waals surface area contributed by atoms with Crippen LogP contribution < -0.4 is 19.5 Å². The Bertz CT molecular complexity index is 1220. The van der Waals surface area contributed by atoms with Gasteiger partial charge in [-0.15, -0.1) is 0 Å². The number of nitrogens with one attached hydrogen (secondary N) is 1. The minimum atomic E-state index is -0.532. The maximum absolute atomic E-state index is 12.4. The van der Waals surface area contributed by atoms with E-state index in [2.05, 4.69) is 5.32 Å². The minimum Gasteiger partial charge on any atom is -0.497 e. The molecule has 8 nitrogen and oxygen atoms in total. The molecule has 0 aliphatic heterocycles. The molecule has 0 aliphatic rings. The van der Waals surface area contributed by atoms with Crippen LogP contribution in [0.2, 0.25) is 0 Å². The maximum Gasteiger partial charge on any atom is 0.255 e. The van der Waals surface area contributed by atoms with Crippen molar-refractivity contribution >= 4 is 29.8 Å². The second-order valence-electron chi connectivity index (χ2n) is 7.07. The molecule has 1 amide bonds. The van der Waals surface area contributed by atoms with Gasteiger partial charge in [0.1, 0.15) is 17.2 Å². The lowest BCUT2D eigenvalue weighted by Crippen LogP contribution is -2.11. The standard InChI is InChI=1S/C26H24N2O6/c1-32-22-12-8-19(9-13-22)26(29)27-21-10-5-18(6-11-21)4-7-20-16-23(33-2)17-25(34-3)24(20)14-15-28(30)31/h4-17H,1-3H3,(H,27,29)/b7-4+,15-14+. The number of carbonyl (C=O) groups is 1. The van der Waals surface area contributed by atoms with Crippen LogP contribution in [0.1, 0.15) is 27.0 Å². The normalized spacial score (nSPS) is 10.9. The van der Waals surface area contributed by atoms with Crippen molar-refractivity contribution in [1.29, 1.82) is 0 Å². The number of rotatable bonds is 9. The summed E-state index contributed by atoms with van der Waals surface area (Å²) in [6.07, 6.45) is 5.92. The van der Waals surface area contributed by atoms with Crippen LogP contribution in [0.15, 0.2) is 66.9 Å². The first-order valence-corrected chi connectivity index (χ1v) is 10.2. The van der Waals surface area contributed by atoms with Gasteiger partial charge in [0, 0.05) is 29.0 Å². The van der Waals surface area contributed by atoms with E-state index < -0.39 is 4.92 Å². The average molecular weight is 460 g/mol.